The molecule has 1 heterocycles. The molecule has 2 atom stereocenters. The molecule has 0 bridgehead atoms. The highest BCUT2D eigenvalue weighted by Crippen LogP contribution is 2.18. The van der Waals surface area contributed by atoms with Crippen LogP contribution in [0.15, 0.2) is 0 Å². The number of hydrogen-bond donors (Lipinski definition) is 1. The molecule has 0 aromatic carbocycles. The van der Waals surface area contributed by atoms with Crippen molar-refractivity contribution in [2.75, 3.05) is 13.1 Å². The zero-order chi connectivity index (χ0) is 13.8. The lowest BCUT2D eigenvalue weighted by Crippen LogP contribution is -2.49. The van der Waals surface area contributed by atoms with Gasteiger partial charge in [-0.1, -0.05) is 6.92 Å². The largest absolute Gasteiger partial charge is 0.367 e. The molecule has 0 aromatic heterocycles. The normalized spacial score (nSPS) is 23.7. The Bertz CT molecular complexity index is 273. The van der Waals surface area contributed by atoms with Gasteiger partial charge in [-0.15, -0.1) is 5.06 Å². The summed E-state index contributed by atoms with van der Waals surface area (Å²) in [7, 11) is 0. The molecule has 1 aliphatic heterocycles. The quantitative estimate of drug-likeness (QED) is 0.838. The predicted molar refractivity (Wildman–Crippen MR) is 73.0 cm³/mol. The topological polar surface area (TPSA) is 41.6 Å². The number of nitrogens with one attached hydrogen (secondary N) is 1. The van der Waals surface area contributed by atoms with E-state index in [0.717, 1.165) is 32.4 Å². The van der Waals surface area contributed by atoms with Crippen molar-refractivity contribution in [1.82, 2.24) is 10.4 Å². The van der Waals surface area contributed by atoms with Gasteiger partial charge in [-0.05, 0) is 47.0 Å². The maximum atomic E-state index is 11.8. The van der Waals surface area contributed by atoms with E-state index in [9.17, 15) is 4.79 Å². The van der Waals surface area contributed by atoms with Gasteiger partial charge in [0.2, 0.25) is 0 Å². The number of carbonyl (C=O) groups excluding carboxylic acids is 1. The van der Waals surface area contributed by atoms with Crippen molar-refractivity contribution in [2.45, 2.75) is 66.0 Å². The predicted octanol–water partition coefficient (Wildman–Crippen LogP) is 2.34. The highest BCUT2D eigenvalue weighted by atomic mass is 16.7. The lowest BCUT2D eigenvalue weighted by Gasteiger charge is -2.34. The molecule has 0 saturated carbocycles. The van der Waals surface area contributed by atoms with Crippen LogP contribution >= 0.6 is 0 Å². The molecule has 0 radical (unpaired) electrons. The first-order chi connectivity index (χ1) is 8.32. The molecule has 0 spiro atoms. The first kappa shape index (κ1) is 15.4. The van der Waals surface area contributed by atoms with Crippen molar-refractivity contribution in [3.05, 3.63) is 0 Å². The van der Waals surface area contributed by atoms with Gasteiger partial charge in [0.15, 0.2) is 0 Å². The monoisotopic (exact) mass is 256 g/mol. The van der Waals surface area contributed by atoms with Crippen molar-refractivity contribution >= 4 is 5.97 Å². The van der Waals surface area contributed by atoms with Crippen LogP contribution in [-0.4, -0.2) is 36.2 Å². The number of nitrogens with zero attached hydrogens (tertiary/aromatic N) is 1. The standard InChI is InChI=1S/C14H28N2O2/c1-6-11(2)15-12-8-7-9-16(10-12)18-13(17)14(3,4)5/h11-12,15H,6-10H2,1-5H3/t11?,12-/m1/s1. The highest BCUT2D eigenvalue weighted by molar-refractivity contribution is 5.75. The molecule has 0 aromatic rings. The Kier molecular flexibility index (Phi) is 5.60. The van der Waals surface area contributed by atoms with E-state index in [0.29, 0.717) is 12.1 Å². The molecule has 18 heavy (non-hydrogen) atoms. The average molecular weight is 256 g/mol. The second-order valence-electron chi connectivity index (χ2n) is 6.33. The Morgan fingerprint density at radius 3 is 2.72 bits per heavy atom. The summed E-state index contributed by atoms with van der Waals surface area (Å²) in [6.45, 7) is 11.7. The maximum Gasteiger partial charge on any atom is 0.330 e. The van der Waals surface area contributed by atoms with Gasteiger partial charge in [-0.2, -0.15) is 0 Å². The van der Waals surface area contributed by atoms with Gasteiger partial charge in [0.05, 0.1) is 12.0 Å². The first-order valence-electron chi connectivity index (χ1n) is 7.06. The number of hydroxylamine groups is 2. The molecule has 4 heteroatoms. The van der Waals surface area contributed by atoms with Crippen LogP contribution in [0.3, 0.4) is 0 Å². The van der Waals surface area contributed by atoms with Gasteiger partial charge in [-0.25, -0.2) is 4.79 Å². The summed E-state index contributed by atoms with van der Waals surface area (Å²) in [5.41, 5.74) is -0.433. The van der Waals surface area contributed by atoms with Gasteiger partial charge in [0.1, 0.15) is 0 Å². The lowest BCUT2D eigenvalue weighted by atomic mass is 9.98. The van der Waals surface area contributed by atoms with Crippen LogP contribution in [0.5, 0.6) is 0 Å². The molecule has 1 saturated heterocycles. The SMILES string of the molecule is CCC(C)N[C@@H]1CCCN(OC(=O)C(C)(C)C)C1. The third-order valence-electron chi connectivity index (χ3n) is 3.34. The third kappa shape index (κ3) is 4.94. The summed E-state index contributed by atoms with van der Waals surface area (Å²) >= 11 is 0. The van der Waals surface area contributed by atoms with Crippen LogP contribution in [-0.2, 0) is 9.63 Å². The molecule has 1 rings (SSSR count). The summed E-state index contributed by atoms with van der Waals surface area (Å²) in [5.74, 6) is -0.147. The summed E-state index contributed by atoms with van der Waals surface area (Å²) in [4.78, 5) is 17.3. The minimum absolute atomic E-state index is 0.147. The second-order valence-corrected chi connectivity index (χ2v) is 6.33. The van der Waals surface area contributed by atoms with Crippen LogP contribution in [0.4, 0.5) is 0 Å². The van der Waals surface area contributed by atoms with Crippen molar-refractivity contribution in [3.63, 3.8) is 0 Å². The van der Waals surface area contributed by atoms with E-state index >= 15 is 0 Å². The molecule has 106 valence electrons. The number of hydrogen-bond acceptors (Lipinski definition) is 4. The van der Waals surface area contributed by atoms with Gasteiger partial charge in [0.25, 0.3) is 0 Å². The van der Waals surface area contributed by atoms with Crippen molar-refractivity contribution < 1.29 is 9.63 Å². The molecule has 1 unspecified atom stereocenters. The molecular formula is C14H28N2O2. The fourth-order valence-corrected chi connectivity index (χ4v) is 1.94. The molecule has 1 fully saturated rings. The van der Waals surface area contributed by atoms with Crippen molar-refractivity contribution in [2.24, 2.45) is 5.41 Å². The first-order valence-corrected chi connectivity index (χ1v) is 7.06. The van der Waals surface area contributed by atoms with E-state index in [2.05, 4.69) is 19.2 Å². The van der Waals surface area contributed by atoms with Crippen LogP contribution in [0.1, 0.15) is 53.9 Å². The van der Waals surface area contributed by atoms with Crippen LogP contribution in [0.2, 0.25) is 0 Å². The van der Waals surface area contributed by atoms with E-state index in [1.165, 1.54) is 0 Å². The Morgan fingerprint density at radius 2 is 2.17 bits per heavy atom. The number of piperidine rings is 1. The van der Waals surface area contributed by atoms with E-state index in [4.69, 9.17) is 4.84 Å². The van der Waals surface area contributed by atoms with Crippen molar-refractivity contribution in [3.8, 4) is 0 Å². The van der Waals surface area contributed by atoms with E-state index < -0.39 is 5.41 Å². The number of carbonyl (C=O) groups is 1. The molecule has 0 amide bonds. The number of rotatable bonds is 4. The average Bonchev–Trinajstić information content (AvgIpc) is 2.28. The van der Waals surface area contributed by atoms with E-state index in [1.807, 2.05) is 25.8 Å². The summed E-state index contributed by atoms with van der Waals surface area (Å²) in [6, 6.07) is 0.953. The molecular weight excluding hydrogens is 228 g/mol. The fraction of sp³-hybridized carbons (Fsp3) is 0.929. The van der Waals surface area contributed by atoms with E-state index in [1.54, 1.807) is 0 Å². The van der Waals surface area contributed by atoms with Gasteiger partial charge >= 0.3 is 5.97 Å². The van der Waals surface area contributed by atoms with Crippen molar-refractivity contribution in [1.29, 1.82) is 0 Å². The van der Waals surface area contributed by atoms with Crippen LogP contribution in [0.25, 0.3) is 0 Å². The summed E-state index contributed by atoms with van der Waals surface area (Å²) in [5, 5.41) is 5.39. The molecule has 0 aliphatic carbocycles. The minimum atomic E-state index is -0.433. The smallest absolute Gasteiger partial charge is 0.330 e. The molecule has 1 N–H and O–H groups in total. The van der Waals surface area contributed by atoms with Crippen LogP contribution < -0.4 is 5.32 Å². The minimum Gasteiger partial charge on any atom is -0.367 e. The molecule has 4 nitrogen and oxygen atoms in total. The van der Waals surface area contributed by atoms with Gasteiger partial charge in [0, 0.05) is 18.6 Å². The zero-order valence-electron chi connectivity index (χ0n) is 12.5. The Labute approximate surface area is 111 Å². The van der Waals surface area contributed by atoms with Gasteiger partial charge < -0.3 is 10.2 Å². The van der Waals surface area contributed by atoms with E-state index in [-0.39, 0.29) is 5.97 Å². The Hall–Kier alpha value is -0.610. The zero-order valence-corrected chi connectivity index (χ0v) is 12.5. The van der Waals surface area contributed by atoms with Gasteiger partial charge in [-0.3, -0.25) is 0 Å². The maximum absolute atomic E-state index is 11.8. The highest BCUT2D eigenvalue weighted by Gasteiger charge is 2.29. The Morgan fingerprint density at radius 1 is 1.50 bits per heavy atom. The second kappa shape index (κ2) is 6.53. The fourth-order valence-electron chi connectivity index (χ4n) is 1.94. The lowest BCUT2D eigenvalue weighted by molar-refractivity contribution is -0.205. The summed E-state index contributed by atoms with van der Waals surface area (Å²) < 4.78 is 0. The molecule has 1 aliphatic rings. The third-order valence-corrected chi connectivity index (χ3v) is 3.34. The van der Waals surface area contributed by atoms with Crippen LogP contribution in [0, 0.1) is 5.41 Å². The summed E-state index contributed by atoms with van der Waals surface area (Å²) in [6.07, 6.45) is 3.36. The Balaban J connectivity index is 2.42.